The number of nitrogens with zero attached hydrogens (tertiary/aromatic N) is 2. The summed E-state index contributed by atoms with van der Waals surface area (Å²) in [4.78, 5) is 4.76. The summed E-state index contributed by atoms with van der Waals surface area (Å²) in [5.74, 6) is 14.5. The van der Waals surface area contributed by atoms with Gasteiger partial charge >= 0.3 is 0 Å². The van der Waals surface area contributed by atoms with Gasteiger partial charge in [-0.25, -0.2) is 0 Å². The Morgan fingerprint density at radius 3 is 1.36 bits per heavy atom. The summed E-state index contributed by atoms with van der Waals surface area (Å²) in [6, 6.07) is 19.7. The Balaban J connectivity index is 1.10. The smallest absolute Gasteiger partial charge is 0.119 e. The molecular formula is C30H38N2O4. The maximum Gasteiger partial charge on any atom is 0.119 e. The lowest BCUT2D eigenvalue weighted by molar-refractivity contribution is 0.145. The van der Waals surface area contributed by atoms with Gasteiger partial charge in [-0.3, -0.25) is 9.80 Å². The summed E-state index contributed by atoms with van der Waals surface area (Å²) in [6.45, 7) is 9.25. The van der Waals surface area contributed by atoms with E-state index < -0.39 is 0 Å². The maximum absolute atomic E-state index is 5.64. The van der Waals surface area contributed by atoms with E-state index in [0.717, 1.165) is 63.6 Å². The number of benzene rings is 2. The lowest BCUT2D eigenvalue weighted by Gasteiger charge is -2.32. The van der Waals surface area contributed by atoms with Crippen molar-refractivity contribution in [2.45, 2.75) is 12.8 Å². The molecule has 0 spiro atoms. The van der Waals surface area contributed by atoms with Crippen LogP contribution < -0.4 is 9.47 Å². The number of rotatable bonds is 14. The van der Waals surface area contributed by atoms with Gasteiger partial charge in [0.2, 0.25) is 0 Å². The number of hydrogen-bond acceptors (Lipinski definition) is 6. The SMILES string of the molecule is C(#CCN1CCN(CC#CCOCCCOc2ccccc2)CC1)COCCCOc1ccccc1. The average molecular weight is 491 g/mol. The summed E-state index contributed by atoms with van der Waals surface area (Å²) >= 11 is 0. The van der Waals surface area contributed by atoms with Gasteiger partial charge in [-0.15, -0.1) is 0 Å². The highest BCUT2D eigenvalue weighted by molar-refractivity contribution is 5.21. The average Bonchev–Trinajstić information content (AvgIpc) is 2.93. The van der Waals surface area contributed by atoms with Crippen molar-refractivity contribution >= 4 is 0 Å². The largest absolute Gasteiger partial charge is 0.494 e. The van der Waals surface area contributed by atoms with E-state index in [2.05, 4.69) is 33.5 Å². The van der Waals surface area contributed by atoms with Crippen molar-refractivity contribution in [3.8, 4) is 35.2 Å². The first-order valence-electron chi connectivity index (χ1n) is 12.8. The summed E-state index contributed by atoms with van der Waals surface area (Å²) in [7, 11) is 0. The predicted octanol–water partition coefficient (Wildman–Crippen LogP) is 3.58. The minimum absolute atomic E-state index is 0.475. The molecule has 1 fully saturated rings. The van der Waals surface area contributed by atoms with Crippen LogP contribution in [0.2, 0.25) is 0 Å². The molecule has 1 heterocycles. The van der Waals surface area contributed by atoms with Crippen molar-refractivity contribution in [3.63, 3.8) is 0 Å². The Morgan fingerprint density at radius 2 is 0.944 bits per heavy atom. The molecule has 0 unspecified atom stereocenters. The van der Waals surface area contributed by atoms with E-state index in [9.17, 15) is 0 Å². The van der Waals surface area contributed by atoms with E-state index in [1.54, 1.807) is 0 Å². The molecule has 6 heteroatoms. The Hall–Kier alpha value is -3.00. The summed E-state index contributed by atoms with van der Waals surface area (Å²) in [5.41, 5.74) is 0. The molecule has 0 N–H and O–H groups in total. The molecule has 0 aromatic heterocycles. The van der Waals surface area contributed by atoms with Crippen LogP contribution in [0.15, 0.2) is 60.7 Å². The van der Waals surface area contributed by atoms with E-state index in [0.29, 0.717) is 39.6 Å². The molecule has 0 bridgehead atoms. The molecule has 1 aliphatic heterocycles. The molecular weight excluding hydrogens is 452 g/mol. The monoisotopic (exact) mass is 490 g/mol. The van der Waals surface area contributed by atoms with Crippen molar-refractivity contribution in [3.05, 3.63) is 60.7 Å². The van der Waals surface area contributed by atoms with Crippen LogP contribution in [0.3, 0.4) is 0 Å². The van der Waals surface area contributed by atoms with Crippen molar-refractivity contribution in [2.75, 3.05) is 78.9 Å². The van der Waals surface area contributed by atoms with E-state index in [1.807, 2.05) is 60.7 Å². The Morgan fingerprint density at radius 1 is 0.528 bits per heavy atom. The minimum Gasteiger partial charge on any atom is -0.494 e. The molecule has 2 aromatic rings. The molecule has 0 saturated carbocycles. The first-order valence-corrected chi connectivity index (χ1v) is 12.8. The number of piperazine rings is 1. The van der Waals surface area contributed by atoms with E-state index >= 15 is 0 Å². The van der Waals surface area contributed by atoms with Crippen molar-refractivity contribution in [1.82, 2.24) is 9.80 Å². The molecule has 0 aliphatic carbocycles. The first-order chi connectivity index (χ1) is 17.9. The molecule has 192 valence electrons. The van der Waals surface area contributed by atoms with Gasteiger partial charge in [-0.2, -0.15) is 0 Å². The lowest BCUT2D eigenvalue weighted by atomic mass is 10.3. The zero-order valence-electron chi connectivity index (χ0n) is 21.2. The molecule has 1 aliphatic rings. The second-order valence-corrected chi connectivity index (χ2v) is 8.39. The Bertz CT molecular complexity index is 859. The van der Waals surface area contributed by atoms with Gasteiger partial charge in [-0.1, -0.05) is 60.1 Å². The van der Waals surface area contributed by atoms with Crippen LogP contribution in [0.5, 0.6) is 11.5 Å². The minimum atomic E-state index is 0.475. The van der Waals surface area contributed by atoms with Crippen LogP contribution in [-0.4, -0.2) is 88.7 Å². The van der Waals surface area contributed by atoms with Gasteiger partial charge in [0.05, 0.1) is 39.5 Å². The molecule has 0 atom stereocenters. The normalized spacial score (nSPS) is 13.8. The number of ether oxygens (including phenoxy) is 4. The molecule has 6 nitrogen and oxygen atoms in total. The topological polar surface area (TPSA) is 43.4 Å². The quantitative estimate of drug-likeness (QED) is 0.298. The maximum atomic E-state index is 5.64. The fourth-order valence-corrected chi connectivity index (χ4v) is 3.52. The van der Waals surface area contributed by atoms with Crippen LogP contribution in [0.4, 0.5) is 0 Å². The van der Waals surface area contributed by atoms with Gasteiger partial charge in [0.15, 0.2) is 0 Å². The van der Waals surface area contributed by atoms with Gasteiger partial charge in [0.25, 0.3) is 0 Å². The molecule has 2 aromatic carbocycles. The van der Waals surface area contributed by atoms with Crippen molar-refractivity contribution in [1.29, 1.82) is 0 Å². The summed E-state index contributed by atoms with van der Waals surface area (Å²) in [5, 5.41) is 0. The van der Waals surface area contributed by atoms with E-state index in [-0.39, 0.29) is 0 Å². The van der Waals surface area contributed by atoms with Crippen molar-refractivity contribution < 1.29 is 18.9 Å². The second kappa shape index (κ2) is 18.3. The van der Waals surface area contributed by atoms with Crippen LogP contribution in [-0.2, 0) is 9.47 Å². The second-order valence-electron chi connectivity index (χ2n) is 8.39. The third kappa shape index (κ3) is 12.6. The standard InChI is InChI=1S/C30H38N2O4/c1-3-13-29(14-4-1)35-27-11-25-33-23-9-7-17-31-19-21-32(22-20-31)18-8-10-24-34-26-12-28-36-30-15-5-2-6-16-30/h1-6,13-16H,11-12,17-28H2. The third-order valence-electron chi connectivity index (χ3n) is 5.56. The van der Waals surface area contributed by atoms with E-state index in [4.69, 9.17) is 18.9 Å². The van der Waals surface area contributed by atoms with Crippen LogP contribution in [0, 0.1) is 23.7 Å². The van der Waals surface area contributed by atoms with Crippen LogP contribution in [0.25, 0.3) is 0 Å². The molecule has 0 radical (unpaired) electrons. The molecule has 0 amide bonds. The van der Waals surface area contributed by atoms with Gasteiger partial charge in [-0.05, 0) is 24.3 Å². The Labute approximate surface area is 216 Å². The Kier molecular flexibility index (Phi) is 14.0. The van der Waals surface area contributed by atoms with Gasteiger partial charge < -0.3 is 18.9 Å². The lowest BCUT2D eigenvalue weighted by Crippen LogP contribution is -2.46. The molecule has 1 saturated heterocycles. The van der Waals surface area contributed by atoms with E-state index in [1.165, 1.54) is 0 Å². The fraction of sp³-hybridized carbons (Fsp3) is 0.467. The third-order valence-corrected chi connectivity index (χ3v) is 5.56. The zero-order valence-corrected chi connectivity index (χ0v) is 21.2. The predicted molar refractivity (Wildman–Crippen MR) is 143 cm³/mol. The first kappa shape index (κ1) is 27.6. The highest BCUT2D eigenvalue weighted by Gasteiger charge is 2.14. The number of para-hydroxylation sites is 2. The highest BCUT2D eigenvalue weighted by atomic mass is 16.5. The van der Waals surface area contributed by atoms with Crippen molar-refractivity contribution in [2.24, 2.45) is 0 Å². The van der Waals surface area contributed by atoms with Gasteiger partial charge in [0, 0.05) is 39.0 Å². The number of hydrogen-bond donors (Lipinski definition) is 0. The summed E-state index contributed by atoms with van der Waals surface area (Å²) < 4.78 is 22.4. The van der Waals surface area contributed by atoms with Crippen LogP contribution >= 0.6 is 0 Å². The molecule has 3 rings (SSSR count). The fourth-order valence-electron chi connectivity index (χ4n) is 3.52. The zero-order chi connectivity index (χ0) is 24.9. The van der Waals surface area contributed by atoms with Crippen LogP contribution in [0.1, 0.15) is 12.8 Å². The molecule has 36 heavy (non-hydrogen) atoms. The summed E-state index contributed by atoms with van der Waals surface area (Å²) in [6.07, 6.45) is 1.72. The highest BCUT2D eigenvalue weighted by Crippen LogP contribution is 2.09. The van der Waals surface area contributed by atoms with Gasteiger partial charge in [0.1, 0.15) is 24.7 Å².